The summed E-state index contributed by atoms with van der Waals surface area (Å²) in [5, 5.41) is 0. The van der Waals surface area contributed by atoms with Gasteiger partial charge in [0.25, 0.3) is 0 Å². The number of methoxy groups -OCH3 is 1. The van der Waals surface area contributed by atoms with E-state index in [9.17, 15) is 4.79 Å². The molecule has 0 radical (unpaired) electrons. The predicted molar refractivity (Wildman–Crippen MR) is 78.6 cm³/mol. The van der Waals surface area contributed by atoms with Crippen LogP contribution < -0.4 is 4.74 Å². The summed E-state index contributed by atoms with van der Waals surface area (Å²) in [6, 6.07) is 3.98. The summed E-state index contributed by atoms with van der Waals surface area (Å²) in [5.41, 5.74) is 2.88. The summed E-state index contributed by atoms with van der Waals surface area (Å²) < 4.78 is 5.33. The molecule has 4 rings (SSSR count). The average molecular weight is 274 g/mol. The summed E-state index contributed by atoms with van der Waals surface area (Å²) in [4.78, 5) is 17.6. The van der Waals surface area contributed by atoms with E-state index in [1.54, 1.807) is 7.11 Å². The highest BCUT2D eigenvalue weighted by Gasteiger charge is 2.37. The molecule has 0 aliphatic carbocycles. The van der Waals surface area contributed by atoms with Crippen LogP contribution in [0.2, 0.25) is 0 Å². The monoisotopic (exact) mass is 274 g/mol. The summed E-state index contributed by atoms with van der Waals surface area (Å²) in [6.07, 6.45) is 0. The number of nitrogens with zero attached hydrogens (tertiary/aromatic N) is 2. The van der Waals surface area contributed by atoms with Gasteiger partial charge in [-0.05, 0) is 37.1 Å². The number of benzene rings is 1. The van der Waals surface area contributed by atoms with Crippen LogP contribution >= 0.6 is 0 Å². The molecule has 108 valence electrons. The Morgan fingerprint density at radius 3 is 2.40 bits per heavy atom. The second-order valence-corrected chi connectivity index (χ2v) is 5.85. The molecule has 0 saturated carbocycles. The van der Waals surface area contributed by atoms with Gasteiger partial charge >= 0.3 is 0 Å². The first-order valence-corrected chi connectivity index (χ1v) is 7.26. The molecule has 0 spiro atoms. The van der Waals surface area contributed by atoms with Crippen LogP contribution in [0.4, 0.5) is 0 Å². The van der Waals surface area contributed by atoms with Crippen molar-refractivity contribution in [3.63, 3.8) is 0 Å². The van der Waals surface area contributed by atoms with E-state index in [1.165, 1.54) is 0 Å². The van der Waals surface area contributed by atoms with Gasteiger partial charge in [-0.1, -0.05) is 0 Å². The number of carbonyl (C=O) groups is 1. The zero-order valence-corrected chi connectivity index (χ0v) is 12.5. The van der Waals surface area contributed by atoms with E-state index in [0.717, 1.165) is 55.2 Å². The summed E-state index contributed by atoms with van der Waals surface area (Å²) >= 11 is 0. The van der Waals surface area contributed by atoms with Crippen molar-refractivity contribution in [1.82, 2.24) is 9.80 Å². The predicted octanol–water partition coefficient (Wildman–Crippen LogP) is 1.49. The molecule has 1 aromatic rings. The van der Waals surface area contributed by atoms with Crippen LogP contribution in [-0.2, 0) is 0 Å². The van der Waals surface area contributed by atoms with Crippen molar-refractivity contribution in [1.29, 1.82) is 0 Å². The van der Waals surface area contributed by atoms with Crippen LogP contribution in [0.1, 0.15) is 21.5 Å². The molecular formula is C16H22N2O2. The Bertz CT molecular complexity index is 534. The van der Waals surface area contributed by atoms with Crippen molar-refractivity contribution >= 4 is 5.78 Å². The van der Waals surface area contributed by atoms with E-state index in [2.05, 4.69) is 9.80 Å². The molecule has 4 heteroatoms. The van der Waals surface area contributed by atoms with E-state index in [0.29, 0.717) is 0 Å². The molecule has 0 N–H and O–H groups in total. The topological polar surface area (TPSA) is 32.8 Å². The van der Waals surface area contributed by atoms with E-state index in [-0.39, 0.29) is 11.8 Å². The Morgan fingerprint density at radius 2 is 1.85 bits per heavy atom. The number of aryl methyl sites for hydroxylation is 2. The van der Waals surface area contributed by atoms with Crippen LogP contribution in [-0.4, -0.2) is 61.5 Å². The molecular weight excluding hydrogens is 252 g/mol. The minimum atomic E-state index is 0.0315. The zero-order chi connectivity index (χ0) is 14.3. The van der Waals surface area contributed by atoms with Gasteiger partial charge < -0.3 is 4.74 Å². The van der Waals surface area contributed by atoms with Gasteiger partial charge in [-0.15, -0.1) is 0 Å². The van der Waals surface area contributed by atoms with E-state index in [4.69, 9.17) is 4.74 Å². The molecule has 0 amide bonds. The highest BCUT2D eigenvalue weighted by molar-refractivity contribution is 6.02. The fourth-order valence-corrected chi connectivity index (χ4v) is 3.32. The van der Waals surface area contributed by atoms with Gasteiger partial charge in [-0.2, -0.15) is 0 Å². The van der Waals surface area contributed by atoms with E-state index >= 15 is 0 Å². The van der Waals surface area contributed by atoms with Gasteiger partial charge in [-0.3, -0.25) is 14.6 Å². The molecule has 3 aliphatic heterocycles. The van der Waals surface area contributed by atoms with Crippen molar-refractivity contribution in [2.75, 3.05) is 39.8 Å². The quantitative estimate of drug-likeness (QED) is 0.782. The molecule has 1 unspecified atom stereocenters. The van der Waals surface area contributed by atoms with Crippen LogP contribution in [0.15, 0.2) is 12.1 Å². The smallest absolute Gasteiger partial charge is 0.181 e. The van der Waals surface area contributed by atoms with Gasteiger partial charge in [-0.25, -0.2) is 0 Å². The summed E-state index contributed by atoms with van der Waals surface area (Å²) in [5.74, 6) is 1.12. The number of carbonyl (C=O) groups excluding carboxylic acids is 1. The fraction of sp³-hybridized carbons (Fsp3) is 0.562. The lowest BCUT2D eigenvalue weighted by Crippen LogP contribution is -2.63. The Morgan fingerprint density at radius 1 is 1.15 bits per heavy atom. The molecule has 3 heterocycles. The second kappa shape index (κ2) is 5.19. The third-order valence-corrected chi connectivity index (χ3v) is 4.59. The number of rotatable bonds is 3. The number of ether oxygens (including phenoxy) is 1. The van der Waals surface area contributed by atoms with Crippen LogP contribution in [0.25, 0.3) is 0 Å². The van der Waals surface area contributed by atoms with Crippen molar-refractivity contribution in [2.45, 2.75) is 19.9 Å². The molecule has 1 atom stereocenters. The van der Waals surface area contributed by atoms with Crippen molar-refractivity contribution in [3.05, 3.63) is 28.8 Å². The number of hydrogen-bond donors (Lipinski definition) is 0. The zero-order valence-electron chi connectivity index (χ0n) is 12.5. The minimum Gasteiger partial charge on any atom is -0.496 e. The number of piperazine rings is 3. The van der Waals surface area contributed by atoms with Crippen LogP contribution in [0, 0.1) is 13.8 Å². The third-order valence-electron chi connectivity index (χ3n) is 4.59. The molecule has 2 bridgehead atoms. The summed E-state index contributed by atoms with van der Waals surface area (Å²) in [7, 11) is 1.67. The van der Waals surface area contributed by atoms with Gasteiger partial charge in [0.2, 0.25) is 0 Å². The number of hydrogen-bond acceptors (Lipinski definition) is 4. The molecule has 4 nitrogen and oxygen atoms in total. The van der Waals surface area contributed by atoms with Gasteiger partial charge in [0.05, 0.1) is 13.2 Å². The number of fused-ring (bicyclic) bond motifs is 3. The van der Waals surface area contributed by atoms with Gasteiger partial charge in [0.15, 0.2) is 5.78 Å². The van der Waals surface area contributed by atoms with Crippen molar-refractivity contribution in [3.8, 4) is 5.75 Å². The Kier molecular flexibility index (Phi) is 3.52. The number of ketones is 1. The first-order chi connectivity index (χ1) is 9.60. The highest BCUT2D eigenvalue weighted by atomic mass is 16.5. The van der Waals surface area contributed by atoms with E-state index < -0.39 is 0 Å². The Balaban J connectivity index is 1.89. The lowest BCUT2D eigenvalue weighted by Gasteiger charge is -2.46. The largest absolute Gasteiger partial charge is 0.496 e. The van der Waals surface area contributed by atoms with Crippen molar-refractivity contribution in [2.24, 2.45) is 0 Å². The van der Waals surface area contributed by atoms with Gasteiger partial charge in [0.1, 0.15) is 5.75 Å². The number of Topliss-reactive ketones (excluding diaryl/α,β-unsaturated/α-hetero) is 1. The lowest BCUT2D eigenvalue weighted by atomic mass is 9.93. The SMILES string of the molecule is COc1cc(C)c(C(=O)C2CN3CCN2CC3)cc1C. The van der Waals surface area contributed by atoms with Crippen molar-refractivity contribution < 1.29 is 9.53 Å². The van der Waals surface area contributed by atoms with Crippen LogP contribution in [0.5, 0.6) is 5.75 Å². The molecule has 1 aromatic carbocycles. The Hall–Kier alpha value is -1.39. The normalized spacial score (nSPS) is 28.4. The molecule has 20 heavy (non-hydrogen) atoms. The first kappa shape index (κ1) is 13.6. The van der Waals surface area contributed by atoms with Gasteiger partial charge in [0, 0.05) is 38.3 Å². The average Bonchev–Trinajstić information content (AvgIpc) is 2.49. The summed E-state index contributed by atoms with van der Waals surface area (Å²) in [6.45, 7) is 9.10. The van der Waals surface area contributed by atoms with E-state index in [1.807, 2.05) is 26.0 Å². The van der Waals surface area contributed by atoms with Crippen LogP contribution in [0.3, 0.4) is 0 Å². The first-order valence-electron chi connectivity index (χ1n) is 7.26. The maximum atomic E-state index is 12.9. The maximum absolute atomic E-state index is 12.9. The maximum Gasteiger partial charge on any atom is 0.181 e. The lowest BCUT2D eigenvalue weighted by molar-refractivity contribution is 0.0159. The molecule has 3 saturated heterocycles. The highest BCUT2D eigenvalue weighted by Crippen LogP contribution is 2.26. The second-order valence-electron chi connectivity index (χ2n) is 5.85. The minimum absolute atomic E-state index is 0.0315. The fourth-order valence-electron chi connectivity index (χ4n) is 3.32. The third kappa shape index (κ3) is 2.23. The Labute approximate surface area is 120 Å². The molecule has 3 aliphatic rings. The standard InChI is InChI=1S/C16H22N2O2/c1-11-9-15(20-3)12(2)8-13(11)16(19)14-10-17-4-6-18(14)7-5-17/h8-9,14H,4-7,10H2,1-3H3. The molecule has 3 fully saturated rings. The molecule has 0 aromatic heterocycles.